The van der Waals surface area contributed by atoms with Crippen LogP contribution in [0.15, 0.2) is 84.1 Å². The molecular weight excluding hydrogens is 687 g/mol. The fourth-order valence-corrected chi connectivity index (χ4v) is 9.89. The Morgan fingerprint density at radius 3 is 2.07 bits per heavy atom. The van der Waals surface area contributed by atoms with Gasteiger partial charge in [-0.3, -0.25) is 0 Å². The summed E-state index contributed by atoms with van der Waals surface area (Å²) in [6.45, 7) is 11.1. The lowest BCUT2D eigenvalue weighted by Gasteiger charge is -2.42. The van der Waals surface area contributed by atoms with Crippen LogP contribution in [0.3, 0.4) is 0 Å². The van der Waals surface area contributed by atoms with Crippen molar-refractivity contribution in [3.8, 4) is 34.4 Å². The third-order valence-electron chi connectivity index (χ3n) is 12.9. The van der Waals surface area contributed by atoms with Crippen molar-refractivity contribution in [3.05, 3.63) is 112 Å². The van der Waals surface area contributed by atoms with E-state index in [9.17, 15) is 5.26 Å². The summed E-state index contributed by atoms with van der Waals surface area (Å²) in [5.74, 6) is 2.17. The molecule has 1 atom stereocenters. The number of ether oxygens (including phenoxy) is 5. The van der Waals surface area contributed by atoms with Gasteiger partial charge >= 0.3 is 0 Å². The van der Waals surface area contributed by atoms with Gasteiger partial charge < -0.3 is 33.5 Å². The van der Waals surface area contributed by atoms with E-state index in [4.69, 9.17) is 23.7 Å². The van der Waals surface area contributed by atoms with Crippen molar-refractivity contribution in [2.75, 3.05) is 71.7 Å². The molecule has 4 aromatic carbocycles. The number of methoxy groups -OCH3 is 2. The summed E-state index contributed by atoms with van der Waals surface area (Å²) in [6, 6.07) is 21.8. The molecule has 8 nitrogen and oxygen atoms in total. The van der Waals surface area contributed by atoms with Gasteiger partial charge in [0.1, 0.15) is 5.75 Å². The van der Waals surface area contributed by atoms with E-state index in [0.717, 1.165) is 112 Å². The molecule has 0 bridgehead atoms. The molecule has 282 valence electrons. The third kappa shape index (κ3) is 5.54. The number of allylic oxidation sites excluding steroid dienone is 3. The maximum Gasteiger partial charge on any atom is 0.174 e. The molecule has 4 aromatic rings. The molecule has 0 spiro atoms. The van der Waals surface area contributed by atoms with Gasteiger partial charge in [-0.25, -0.2) is 0 Å². The van der Waals surface area contributed by atoms with E-state index >= 15 is 0 Å². The largest absolute Gasteiger partial charge is 0.493 e. The van der Waals surface area contributed by atoms with Gasteiger partial charge in [-0.1, -0.05) is 44.2 Å². The maximum absolute atomic E-state index is 10.0. The maximum atomic E-state index is 10.0. The van der Waals surface area contributed by atoms with Crippen molar-refractivity contribution in [2.24, 2.45) is 0 Å². The quantitative estimate of drug-likeness (QED) is 0.178. The van der Waals surface area contributed by atoms with Crippen LogP contribution in [0.25, 0.3) is 28.0 Å². The number of anilines is 1. The molecule has 1 unspecified atom stereocenters. The van der Waals surface area contributed by atoms with Crippen molar-refractivity contribution < 1.29 is 23.7 Å². The molecule has 55 heavy (non-hydrogen) atoms. The first-order chi connectivity index (χ1) is 27.0. The first-order valence-corrected chi connectivity index (χ1v) is 19.8. The average Bonchev–Trinajstić information content (AvgIpc) is 3.56. The fourth-order valence-electron chi connectivity index (χ4n) is 9.89. The Kier molecular flexibility index (Phi) is 9.11. The number of rotatable bonds is 8. The van der Waals surface area contributed by atoms with Gasteiger partial charge in [0.15, 0.2) is 17.1 Å². The van der Waals surface area contributed by atoms with Crippen molar-refractivity contribution in [1.29, 1.82) is 5.26 Å². The molecule has 2 aliphatic carbocycles. The van der Waals surface area contributed by atoms with Gasteiger partial charge in [-0.05, 0) is 107 Å². The number of nitriles is 1. The topological polar surface area (TPSA) is 76.4 Å². The van der Waals surface area contributed by atoms with E-state index in [1.165, 1.54) is 33.6 Å². The van der Waals surface area contributed by atoms with Crippen molar-refractivity contribution in [2.45, 2.75) is 50.5 Å². The SMILES string of the molecule is CCC1(CC)c2cc(C#N)ccc2-c2c1c1c(c3cc(OC)c(OC)cc23)OC(C2=CC=C(N3CCOCC3)CC2)(c2ccc(N3CCOCC3)cc2)C=C1. The molecule has 5 aliphatic rings. The molecule has 0 saturated carbocycles. The number of nitrogens with zero attached hydrogens (tertiary/aromatic N) is 3. The lowest BCUT2D eigenvalue weighted by Crippen LogP contribution is -2.39. The highest BCUT2D eigenvalue weighted by Crippen LogP contribution is 2.61. The van der Waals surface area contributed by atoms with Gasteiger partial charge in [-0.15, -0.1) is 0 Å². The number of benzene rings is 4. The highest BCUT2D eigenvalue weighted by Gasteiger charge is 2.48. The highest BCUT2D eigenvalue weighted by atomic mass is 16.5. The molecule has 0 N–H and O–H groups in total. The zero-order valence-electron chi connectivity index (χ0n) is 32.4. The second-order valence-electron chi connectivity index (χ2n) is 15.2. The summed E-state index contributed by atoms with van der Waals surface area (Å²) in [4.78, 5) is 4.86. The predicted molar refractivity (Wildman–Crippen MR) is 217 cm³/mol. The fraction of sp³-hybridized carbons (Fsp3) is 0.383. The summed E-state index contributed by atoms with van der Waals surface area (Å²) in [5, 5.41) is 12.1. The van der Waals surface area contributed by atoms with Crippen LogP contribution in [-0.2, 0) is 20.5 Å². The Morgan fingerprint density at radius 2 is 1.45 bits per heavy atom. The highest BCUT2D eigenvalue weighted by molar-refractivity contribution is 6.09. The Bertz CT molecular complexity index is 2280. The van der Waals surface area contributed by atoms with Crippen LogP contribution in [0.1, 0.15) is 67.3 Å². The molecule has 0 radical (unpaired) electrons. The third-order valence-corrected chi connectivity index (χ3v) is 12.9. The van der Waals surface area contributed by atoms with Crippen molar-refractivity contribution in [1.82, 2.24) is 4.90 Å². The Labute approximate surface area is 324 Å². The van der Waals surface area contributed by atoms with Gasteiger partial charge in [0, 0.05) is 59.5 Å². The zero-order valence-corrected chi connectivity index (χ0v) is 32.4. The number of fused-ring (bicyclic) bond motifs is 8. The van der Waals surface area contributed by atoms with Crippen LogP contribution < -0.4 is 19.1 Å². The van der Waals surface area contributed by atoms with E-state index in [1.54, 1.807) is 14.2 Å². The van der Waals surface area contributed by atoms with E-state index in [-0.39, 0.29) is 5.41 Å². The van der Waals surface area contributed by atoms with Crippen LogP contribution in [-0.4, -0.2) is 71.7 Å². The standard InChI is InChI=1S/C47H49N3O5/c1-5-46(6-2)40-27-31(30-48)7-16-36(40)43-38-28-41(51-3)42(52-4)29-39(38)45-37(44(43)46)17-18-47(55-45,32-8-12-34(13-9-32)49-19-23-53-24-20-49)33-10-14-35(15-11-33)50-21-25-54-26-22-50/h7-10,12-14,16-18,27-29H,5-6,11,15,19-26H2,1-4H3. The van der Waals surface area contributed by atoms with Crippen LogP contribution in [0.2, 0.25) is 0 Å². The lowest BCUT2D eigenvalue weighted by atomic mass is 9.70. The first kappa shape index (κ1) is 35.5. The minimum atomic E-state index is -0.849. The molecule has 0 aromatic heterocycles. The summed E-state index contributed by atoms with van der Waals surface area (Å²) < 4.78 is 31.0. The van der Waals surface area contributed by atoms with Crippen molar-refractivity contribution in [3.63, 3.8) is 0 Å². The molecule has 0 amide bonds. The second kappa shape index (κ2) is 14.1. The molecule has 9 rings (SSSR count). The second-order valence-corrected chi connectivity index (χ2v) is 15.2. The van der Waals surface area contributed by atoms with Crippen LogP contribution in [0.5, 0.6) is 17.2 Å². The number of morpholine rings is 2. The average molecular weight is 736 g/mol. The lowest BCUT2D eigenvalue weighted by molar-refractivity contribution is 0.0516. The summed E-state index contributed by atoms with van der Waals surface area (Å²) >= 11 is 0. The van der Waals surface area contributed by atoms with Gasteiger partial charge in [0.05, 0.1) is 52.3 Å². The van der Waals surface area contributed by atoms with Crippen LogP contribution >= 0.6 is 0 Å². The normalized spacial score (nSPS) is 21.1. The Morgan fingerprint density at radius 1 is 0.782 bits per heavy atom. The summed E-state index contributed by atoms with van der Waals surface area (Å²) in [5.41, 5.74) is 10.3. The first-order valence-electron chi connectivity index (χ1n) is 19.8. The Hall–Kier alpha value is -5.23. The molecular formula is C47H49N3O5. The van der Waals surface area contributed by atoms with Gasteiger partial charge in [0.2, 0.25) is 0 Å². The van der Waals surface area contributed by atoms with E-state index in [2.05, 4.69) is 103 Å². The molecule has 2 saturated heterocycles. The predicted octanol–water partition coefficient (Wildman–Crippen LogP) is 8.89. The number of hydrogen-bond donors (Lipinski definition) is 0. The smallest absolute Gasteiger partial charge is 0.174 e. The van der Waals surface area contributed by atoms with Crippen molar-refractivity contribution >= 4 is 22.5 Å². The van der Waals surface area contributed by atoms with E-state index < -0.39 is 5.60 Å². The Balaban J connectivity index is 1.28. The monoisotopic (exact) mass is 735 g/mol. The summed E-state index contributed by atoms with van der Waals surface area (Å²) in [7, 11) is 3.38. The van der Waals surface area contributed by atoms with Crippen LogP contribution in [0.4, 0.5) is 5.69 Å². The minimum Gasteiger partial charge on any atom is -0.493 e. The van der Waals surface area contributed by atoms with Gasteiger partial charge in [-0.2, -0.15) is 5.26 Å². The molecule has 8 heteroatoms. The van der Waals surface area contributed by atoms with E-state index in [1.807, 2.05) is 6.07 Å². The molecule has 3 aliphatic heterocycles. The molecule has 3 heterocycles. The summed E-state index contributed by atoms with van der Waals surface area (Å²) in [6.07, 6.45) is 12.8. The van der Waals surface area contributed by atoms with E-state index in [0.29, 0.717) is 17.1 Å². The van der Waals surface area contributed by atoms with Gasteiger partial charge in [0.25, 0.3) is 0 Å². The minimum absolute atomic E-state index is 0.309. The number of hydrogen-bond acceptors (Lipinski definition) is 8. The molecule has 2 fully saturated rings. The van der Waals surface area contributed by atoms with Crippen LogP contribution in [0, 0.1) is 11.3 Å². The zero-order chi connectivity index (χ0) is 37.7.